The van der Waals surface area contributed by atoms with Crippen LogP contribution in [0.1, 0.15) is 51.2 Å². The van der Waals surface area contributed by atoms with Crippen molar-refractivity contribution in [2.24, 2.45) is 0 Å². The van der Waals surface area contributed by atoms with Gasteiger partial charge in [-0.25, -0.2) is 0 Å². The van der Waals surface area contributed by atoms with Crippen LogP contribution in [0.4, 0.5) is 0 Å². The molecule has 8 heteroatoms. The Morgan fingerprint density at radius 2 is 1.68 bits per heavy atom. The number of aromatic amines is 1. The number of ketones is 1. The number of carbonyl (C=O) groups is 1. The van der Waals surface area contributed by atoms with Crippen molar-refractivity contribution < 1.29 is 14.3 Å². The molecule has 0 saturated heterocycles. The van der Waals surface area contributed by atoms with Crippen molar-refractivity contribution in [3.05, 3.63) is 137 Å². The molecule has 1 N–H and O–H groups in total. The summed E-state index contributed by atoms with van der Waals surface area (Å²) in [6.07, 6.45) is 6.06. The second kappa shape index (κ2) is 13.4. The Labute approximate surface area is 256 Å². The normalized spacial score (nSPS) is 11.9. The lowest BCUT2D eigenvalue weighted by molar-refractivity contribution is 0.0967. The number of aryl methyl sites for hydroxylation is 2. The molecule has 0 aliphatic heterocycles. The van der Waals surface area contributed by atoms with Crippen LogP contribution in [0.15, 0.2) is 103 Å². The van der Waals surface area contributed by atoms with E-state index in [2.05, 4.69) is 38.8 Å². The van der Waals surface area contributed by atoms with Gasteiger partial charge in [-0.05, 0) is 54.3 Å². The fraction of sp³-hybridized carbons (Fsp3) is 0.222. The number of hydrogen-bond acceptors (Lipinski definition) is 6. The summed E-state index contributed by atoms with van der Waals surface area (Å²) in [5.41, 5.74) is 4.83. The number of nitrogens with zero attached hydrogens (tertiary/aromatic N) is 4. The molecule has 8 nitrogen and oxygen atoms in total. The zero-order chi connectivity index (χ0) is 30.3. The number of pyridine rings is 1. The van der Waals surface area contributed by atoms with Crippen LogP contribution in [0.3, 0.4) is 0 Å². The smallest absolute Gasteiger partial charge is 0.181 e. The van der Waals surface area contributed by atoms with Crippen molar-refractivity contribution in [3.63, 3.8) is 0 Å². The van der Waals surface area contributed by atoms with E-state index < -0.39 is 0 Å². The minimum atomic E-state index is -0.245. The van der Waals surface area contributed by atoms with E-state index in [9.17, 15) is 4.79 Å². The molecule has 0 aliphatic rings. The minimum absolute atomic E-state index is 0.0298. The first-order chi connectivity index (χ1) is 21.6. The minimum Gasteiger partial charge on any atom is -0.497 e. The topological polar surface area (TPSA) is 94.9 Å². The molecule has 1 atom stereocenters. The number of fused-ring (bicyclic) bond motifs is 1. The number of methoxy groups -OCH3 is 2. The quantitative estimate of drug-likeness (QED) is 0.153. The van der Waals surface area contributed by atoms with Gasteiger partial charge in [0.05, 0.1) is 20.8 Å². The van der Waals surface area contributed by atoms with Crippen molar-refractivity contribution in [3.8, 4) is 11.5 Å². The second-order valence-electron chi connectivity index (χ2n) is 10.8. The van der Waals surface area contributed by atoms with Gasteiger partial charge < -0.3 is 19.0 Å². The first-order valence-corrected chi connectivity index (χ1v) is 14.8. The Hall–Kier alpha value is -5.24. The average molecular weight is 586 g/mol. The molecule has 3 aromatic carbocycles. The number of nitrogens with one attached hydrogen (secondary N) is 1. The average Bonchev–Trinajstić information content (AvgIpc) is 3.68. The van der Waals surface area contributed by atoms with Gasteiger partial charge in [0.1, 0.15) is 28.8 Å². The Balaban J connectivity index is 1.41. The number of H-pyrrole nitrogens is 1. The van der Waals surface area contributed by atoms with E-state index in [-0.39, 0.29) is 18.1 Å². The van der Waals surface area contributed by atoms with Gasteiger partial charge in [-0.1, -0.05) is 54.6 Å². The van der Waals surface area contributed by atoms with E-state index >= 15 is 0 Å². The number of hydrogen-bond donors (Lipinski definition) is 1. The van der Waals surface area contributed by atoms with Gasteiger partial charge in [0.25, 0.3) is 0 Å². The third kappa shape index (κ3) is 6.39. The highest BCUT2D eigenvalue weighted by Crippen LogP contribution is 2.32. The van der Waals surface area contributed by atoms with Crippen molar-refractivity contribution in [2.75, 3.05) is 14.2 Å². The van der Waals surface area contributed by atoms with Crippen LogP contribution >= 0.6 is 0 Å². The number of Topliss-reactive ketones (excluding diaryl/α,β-unsaturated/α-hetero) is 1. The molecular formula is C36H35N5O3. The molecule has 0 radical (unpaired) electrons. The number of rotatable bonds is 13. The highest BCUT2D eigenvalue weighted by atomic mass is 16.5. The summed E-state index contributed by atoms with van der Waals surface area (Å²) in [4.78, 5) is 21.3. The van der Waals surface area contributed by atoms with Crippen LogP contribution in [0.25, 0.3) is 10.9 Å². The maximum atomic E-state index is 13.6. The number of para-hydroxylation sites is 1. The third-order valence-corrected chi connectivity index (χ3v) is 8.05. The van der Waals surface area contributed by atoms with Gasteiger partial charge in [-0.3, -0.25) is 9.78 Å². The molecule has 6 rings (SSSR count). The summed E-state index contributed by atoms with van der Waals surface area (Å²) < 4.78 is 13.4. The van der Waals surface area contributed by atoms with Gasteiger partial charge in [0.15, 0.2) is 5.78 Å². The molecule has 0 amide bonds. The molecule has 0 spiro atoms. The molecule has 3 aromatic heterocycles. The van der Waals surface area contributed by atoms with Gasteiger partial charge in [-0.15, -0.1) is 10.2 Å². The molecule has 0 saturated carbocycles. The highest BCUT2D eigenvalue weighted by molar-refractivity contribution is 5.94. The zero-order valence-electron chi connectivity index (χ0n) is 24.9. The van der Waals surface area contributed by atoms with Crippen LogP contribution < -0.4 is 9.47 Å². The van der Waals surface area contributed by atoms with Crippen molar-refractivity contribution in [1.82, 2.24) is 24.7 Å². The van der Waals surface area contributed by atoms with Gasteiger partial charge in [-0.2, -0.15) is 0 Å². The molecule has 3 heterocycles. The molecular weight excluding hydrogens is 550 g/mol. The van der Waals surface area contributed by atoms with E-state index in [0.717, 1.165) is 51.6 Å². The molecule has 0 bridgehead atoms. The standard InChI is InChI=1S/C36H35N5O3/c1-43-29-17-16-26(34(22-29)44-2)24-41-35(18-15-25-10-4-3-5-11-25)39-40-36(41)27(21-33(42)32-14-8-9-19-37-32)20-28-23-38-31-13-7-6-12-30(28)31/h3-14,16-17,19,22-23,27,38H,15,18,20-21,24H2,1-2H3/t27-/m0/s1. The van der Waals surface area contributed by atoms with Gasteiger partial charge in [0.2, 0.25) is 0 Å². The molecule has 6 aromatic rings. The van der Waals surface area contributed by atoms with Crippen LogP contribution in [0, 0.1) is 0 Å². The summed E-state index contributed by atoms with van der Waals surface area (Å²) in [6.45, 7) is 0.488. The lowest BCUT2D eigenvalue weighted by Gasteiger charge is -2.19. The Morgan fingerprint density at radius 3 is 2.48 bits per heavy atom. The molecule has 0 aliphatic carbocycles. The fourth-order valence-corrected chi connectivity index (χ4v) is 5.74. The lowest BCUT2D eigenvalue weighted by Crippen LogP contribution is -2.18. The largest absolute Gasteiger partial charge is 0.497 e. The van der Waals surface area contributed by atoms with Crippen LogP contribution in [0.2, 0.25) is 0 Å². The Bertz CT molecular complexity index is 1850. The Morgan fingerprint density at radius 1 is 0.864 bits per heavy atom. The highest BCUT2D eigenvalue weighted by Gasteiger charge is 2.27. The van der Waals surface area contributed by atoms with Crippen LogP contribution in [-0.4, -0.2) is 44.7 Å². The van der Waals surface area contributed by atoms with E-state index in [1.165, 1.54) is 5.56 Å². The number of carbonyl (C=O) groups excluding carboxylic acids is 1. The molecule has 0 unspecified atom stereocenters. The molecule has 0 fully saturated rings. The van der Waals surface area contributed by atoms with E-state index in [0.29, 0.717) is 25.1 Å². The number of benzene rings is 3. The van der Waals surface area contributed by atoms with Crippen molar-refractivity contribution in [1.29, 1.82) is 0 Å². The summed E-state index contributed by atoms with van der Waals surface area (Å²) in [5, 5.41) is 10.6. The SMILES string of the molecule is COc1ccc(Cn2c(CCc3ccccc3)nnc2[C@H](CC(=O)c2ccccn2)Cc2c[nH]c3ccccc23)c(OC)c1. The predicted molar refractivity (Wildman–Crippen MR) is 170 cm³/mol. The van der Waals surface area contributed by atoms with Crippen LogP contribution in [-0.2, 0) is 25.8 Å². The first-order valence-electron chi connectivity index (χ1n) is 14.8. The molecule has 222 valence electrons. The number of aromatic nitrogens is 5. The van der Waals surface area contributed by atoms with Crippen LogP contribution in [0.5, 0.6) is 11.5 Å². The molecule has 44 heavy (non-hydrogen) atoms. The van der Waals surface area contributed by atoms with Crippen molar-refractivity contribution in [2.45, 2.75) is 38.1 Å². The lowest BCUT2D eigenvalue weighted by atomic mass is 9.92. The second-order valence-corrected chi connectivity index (χ2v) is 10.8. The zero-order valence-corrected chi connectivity index (χ0v) is 24.9. The maximum Gasteiger partial charge on any atom is 0.181 e. The van der Waals surface area contributed by atoms with Crippen molar-refractivity contribution >= 4 is 16.7 Å². The first kappa shape index (κ1) is 28.9. The van der Waals surface area contributed by atoms with Gasteiger partial charge in [0, 0.05) is 53.7 Å². The van der Waals surface area contributed by atoms with E-state index in [4.69, 9.17) is 19.7 Å². The fourth-order valence-electron chi connectivity index (χ4n) is 5.74. The predicted octanol–water partition coefficient (Wildman–Crippen LogP) is 6.60. The third-order valence-electron chi connectivity index (χ3n) is 8.05. The van der Waals surface area contributed by atoms with E-state index in [1.54, 1.807) is 26.5 Å². The summed E-state index contributed by atoms with van der Waals surface area (Å²) in [7, 11) is 3.30. The van der Waals surface area contributed by atoms with Gasteiger partial charge >= 0.3 is 0 Å². The summed E-state index contributed by atoms with van der Waals surface area (Å²) >= 11 is 0. The Kier molecular flexibility index (Phi) is 8.77. The summed E-state index contributed by atoms with van der Waals surface area (Å²) in [6, 6.07) is 29.8. The number of ether oxygens (including phenoxy) is 2. The summed E-state index contributed by atoms with van der Waals surface area (Å²) in [5.74, 6) is 2.79. The van der Waals surface area contributed by atoms with E-state index in [1.807, 2.05) is 66.9 Å². The monoisotopic (exact) mass is 585 g/mol. The maximum absolute atomic E-state index is 13.6.